The molecule has 1 aliphatic heterocycles. The number of rotatable bonds is 6. The van der Waals surface area contributed by atoms with Gasteiger partial charge in [0.15, 0.2) is 0 Å². The zero-order chi connectivity index (χ0) is 20.6. The molecule has 1 fully saturated rings. The second-order valence-electron chi connectivity index (χ2n) is 6.71. The number of piperazine rings is 1. The minimum Gasteiger partial charge on any atom is -0.497 e. The SMILES string of the molecule is COc1ccc(NC(=O)C(=O)NCC[NH+]2CCN(C(=O)c3cccs3)CC2)cc1. The van der Waals surface area contributed by atoms with Gasteiger partial charge in [-0.15, -0.1) is 11.3 Å². The molecule has 0 aliphatic carbocycles. The van der Waals surface area contributed by atoms with Gasteiger partial charge in [-0.2, -0.15) is 0 Å². The van der Waals surface area contributed by atoms with E-state index in [4.69, 9.17) is 4.74 Å². The molecule has 1 aliphatic rings. The lowest BCUT2D eigenvalue weighted by molar-refractivity contribution is -0.902. The van der Waals surface area contributed by atoms with E-state index in [-0.39, 0.29) is 5.91 Å². The predicted octanol–water partition coefficient (Wildman–Crippen LogP) is -0.148. The first kappa shape index (κ1) is 20.8. The van der Waals surface area contributed by atoms with Gasteiger partial charge < -0.3 is 25.2 Å². The number of nitrogens with zero attached hydrogens (tertiary/aromatic N) is 1. The number of amides is 3. The zero-order valence-electron chi connectivity index (χ0n) is 16.3. The number of methoxy groups -OCH3 is 1. The zero-order valence-corrected chi connectivity index (χ0v) is 17.1. The van der Waals surface area contributed by atoms with Gasteiger partial charge in [-0.05, 0) is 35.7 Å². The Bertz CT molecular complexity index is 831. The monoisotopic (exact) mass is 417 g/mol. The number of thiophene rings is 1. The predicted molar refractivity (Wildman–Crippen MR) is 110 cm³/mol. The van der Waals surface area contributed by atoms with Crippen molar-refractivity contribution in [2.75, 3.05) is 51.7 Å². The number of nitrogens with one attached hydrogen (secondary N) is 3. The van der Waals surface area contributed by atoms with Crippen LogP contribution >= 0.6 is 11.3 Å². The molecule has 0 bridgehead atoms. The van der Waals surface area contributed by atoms with E-state index in [9.17, 15) is 14.4 Å². The molecule has 1 saturated heterocycles. The Balaban J connectivity index is 1.35. The summed E-state index contributed by atoms with van der Waals surface area (Å²) < 4.78 is 5.06. The lowest BCUT2D eigenvalue weighted by atomic mass is 10.3. The highest BCUT2D eigenvalue weighted by atomic mass is 32.1. The Morgan fingerprint density at radius 3 is 2.45 bits per heavy atom. The number of quaternary nitrogens is 1. The number of hydrogen-bond acceptors (Lipinski definition) is 5. The summed E-state index contributed by atoms with van der Waals surface area (Å²) in [6, 6.07) is 10.5. The molecule has 9 heteroatoms. The highest BCUT2D eigenvalue weighted by molar-refractivity contribution is 7.12. The number of benzene rings is 1. The van der Waals surface area contributed by atoms with Crippen molar-refractivity contribution in [3.8, 4) is 5.75 Å². The molecule has 3 N–H and O–H groups in total. The van der Waals surface area contributed by atoms with Crippen molar-refractivity contribution < 1.29 is 24.0 Å². The third-order valence-electron chi connectivity index (χ3n) is 4.81. The number of carbonyl (C=O) groups excluding carboxylic acids is 3. The van der Waals surface area contributed by atoms with Crippen LogP contribution in [-0.2, 0) is 9.59 Å². The summed E-state index contributed by atoms with van der Waals surface area (Å²) in [7, 11) is 1.56. The molecule has 0 unspecified atom stereocenters. The summed E-state index contributed by atoms with van der Waals surface area (Å²) in [5.41, 5.74) is 0.531. The fraction of sp³-hybridized carbons (Fsp3) is 0.350. The highest BCUT2D eigenvalue weighted by Gasteiger charge is 2.25. The van der Waals surface area contributed by atoms with Crippen LogP contribution in [0.15, 0.2) is 41.8 Å². The van der Waals surface area contributed by atoms with Crippen molar-refractivity contribution in [2.24, 2.45) is 0 Å². The van der Waals surface area contributed by atoms with E-state index in [1.54, 1.807) is 31.4 Å². The third kappa shape index (κ3) is 5.78. The van der Waals surface area contributed by atoms with E-state index in [0.29, 0.717) is 37.6 Å². The molecular formula is C20H25N4O4S+. The second-order valence-corrected chi connectivity index (χ2v) is 7.66. The first-order valence-corrected chi connectivity index (χ1v) is 10.3. The number of ether oxygens (including phenoxy) is 1. The molecule has 1 aromatic heterocycles. The molecule has 154 valence electrons. The normalized spacial score (nSPS) is 14.3. The molecule has 8 nitrogen and oxygen atoms in total. The van der Waals surface area contributed by atoms with Gasteiger partial charge in [-0.25, -0.2) is 0 Å². The highest BCUT2D eigenvalue weighted by Crippen LogP contribution is 2.14. The first-order chi connectivity index (χ1) is 14.1. The molecule has 0 radical (unpaired) electrons. The van der Waals surface area contributed by atoms with Crippen molar-refractivity contribution in [3.05, 3.63) is 46.7 Å². The second kappa shape index (κ2) is 10.0. The van der Waals surface area contributed by atoms with E-state index in [1.807, 2.05) is 22.4 Å². The third-order valence-corrected chi connectivity index (χ3v) is 5.67. The first-order valence-electron chi connectivity index (χ1n) is 9.46. The standard InChI is InChI=1S/C20H24N4O4S/c1-28-16-6-4-15(5-7-16)22-19(26)18(25)21-8-9-23-10-12-24(13-11-23)20(27)17-3-2-14-29-17/h2-7,14H,8-13H2,1H3,(H,21,25)(H,22,26)/p+1. The molecule has 0 atom stereocenters. The smallest absolute Gasteiger partial charge is 0.313 e. The van der Waals surface area contributed by atoms with Crippen molar-refractivity contribution in [1.82, 2.24) is 10.2 Å². The fourth-order valence-electron chi connectivity index (χ4n) is 3.13. The summed E-state index contributed by atoms with van der Waals surface area (Å²) in [4.78, 5) is 40.2. The molecule has 3 amide bonds. The van der Waals surface area contributed by atoms with Crippen LogP contribution < -0.4 is 20.3 Å². The molecule has 0 saturated carbocycles. The number of carbonyl (C=O) groups is 3. The lowest BCUT2D eigenvalue weighted by Gasteiger charge is -2.32. The van der Waals surface area contributed by atoms with Crippen LogP contribution in [0.3, 0.4) is 0 Å². The van der Waals surface area contributed by atoms with Crippen LogP contribution in [-0.4, -0.2) is 69.0 Å². The fourth-order valence-corrected chi connectivity index (χ4v) is 3.82. The maximum atomic E-state index is 12.4. The summed E-state index contributed by atoms with van der Waals surface area (Å²) in [5, 5.41) is 7.12. The van der Waals surface area contributed by atoms with Crippen LogP contribution in [0.5, 0.6) is 5.75 Å². The van der Waals surface area contributed by atoms with E-state index in [0.717, 1.165) is 18.0 Å². The van der Waals surface area contributed by atoms with Gasteiger partial charge >= 0.3 is 11.8 Å². The summed E-state index contributed by atoms with van der Waals surface area (Å²) >= 11 is 1.46. The molecular weight excluding hydrogens is 392 g/mol. The van der Waals surface area contributed by atoms with Crippen LogP contribution in [0, 0.1) is 0 Å². The van der Waals surface area contributed by atoms with Crippen molar-refractivity contribution in [3.63, 3.8) is 0 Å². The van der Waals surface area contributed by atoms with Gasteiger partial charge in [0.05, 0.1) is 51.3 Å². The van der Waals surface area contributed by atoms with Gasteiger partial charge in [-0.1, -0.05) is 6.07 Å². The van der Waals surface area contributed by atoms with Crippen molar-refractivity contribution >= 4 is 34.7 Å². The van der Waals surface area contributed by atoms with E-state index < -0.39 is 11.8 Å². The minimum absolute atomic E-state index is 0.0857. The molecule has 2 aromatic rings. The Kier molecular flexibility index (Phi) is 7.20. The number of hydrogen-bond donors (Lipinski definition) is 3. The van der Waals surface area contributed by atoms with Gasteiger partial charge in [-0.3, -0.25) is 14.4 Å². The van der Waals surface area contributed by atoms with Crippen molar-refractivity contribution in [1.29, 1.82) is 0 Å². The van der Waals surface area contributed by atoms with E-state index in [2.05, 4.69) is 10.6 Å². The molecule has 3 rings (SSSR count). The molecule has 29 heavy (non-hydrogen) atoms. The largest absolute Gasteiger partial charge is 0.497 e. The number of anilines is 1. The Labute approximate surface area is 173 Å². The van der Waals surface area contributed by atoms with E-state index >= 15 is 0 Å². The van der Waals surface area contributed by atoms with Crippen LogP contribution in [0.1, 0.15) is 9.67 Å². The average Bonchev–Trinajstić information content (AvgIpc) is 3.29. The molecule has 2 heterocycles. The van der Waals surface area contributed by atoms with Crippen LogP contribution in [0.2, 0.25) is 0 Å². The van der Waals surface area contributed by atoms with Crippen LogP contribution in [0.4, 0.5) is 5.69 Å². The topological polar surface area (TPSA) is 92.2 Å². The van der Waals surface area contributed by atoms with Crippen molar-refractivity contribution in [2.45, 2.75) is 0 Å². The lowest BCUT2D eigenvalue weighted by Crippen LogP contribution is -3.15. The minimum atomic E-state index is -0.698. The average molecular weight is 418 g/mol. The van der Waals surface area contributed by atoms with E-state index in [1.165, 1.54) is 16.2 Å². The molecule has 1 aromatic carbocycles. The van der Waals surface area contributed by atoms with Gasteiger partial charge in [0.1, 0.15) is 5.75 Å². The summed E-state index contributed by atoms with van der Waals surface area (Å²) in [6.07, 6.45) is 0. The van der Waals surface area contributed by atoms with Crippen LogP contribution in [0.25, 0.3) is 0 Å². The summed E-state index contributed by atoms with van der Waals surface area (Å²) in [5.74, 6) is -0.599. The summed E-state index contributed by atoms with van der Waals surface area (Å²) in [6.45, 7) is 4.15. The maximum Gasteiger partial charge on any atom is 0.313 e. The molecule has 0 spiro atoms. The van der Waals surface area contributed by atoms with Gasteiger partial charge in [0, 0.05) is 5.69 Å². The maximum absolute atomic E-state index is 12.4. The van der Waals surface area contributed by atoms with Gasteiger partial charge in [0.2, 0.25) is 0 Å². The Morgan fingerprint density at radius 2 is 1.83 bits per heavy atom. The Hall–Kier alpha value is -2.91. The quantitative estimate of drug-likeness (QED) is 0.570. The van der Waals surface area contributed by atoms with Gasteiger partial charge in [0.25, 0.3) is 5.91 Å². The Morgan fingerprint density at radius 1 is 1.10 bits per heavy atom.